The second-order valence-corrected chi connectivity index (χ2v) is 4.59. The van der Waals surface area contributed by atoms with Gasteiger partial charge in [0.1, 0.15) is 17.4 Å². The minimum Gasteiger partial charge on any atom is -0.494 e. The first-order chi connectivity index (χ1) is 10.2. The fraction of sp³-hybridized carbons (Fsp3) is 0.250. The average molecular weight is 292 g/mol. The van der Waals surface area contributed by atoms with E-state index in [-0.39, 0.29) is 12.0 Å². The smallest absolute Gasteiger partial charge is 0.129 e. The summed E-state index contributed by atoms with van der Waals surface area (Å²) >= 11 is 0. The van der Waals surface area contributed by atoms with E-state index in [1.807, 2.05) is 25.1 Å². The molecule has 0 aromatic heterocycles. The minimum atomic E-state index is -0.579. The highest BCUT2D eigenvalue weighted by Crippen LogP contribution is 2.28. The van der Waals surface area contributed by atoms with Crippen molar-refractivity contribution < 1.29 is 13.5 Å². The van der Waals surface area contributed by atoms with Crippen molar-refractivity contribution in [2.75, 3.05) is 6.61 Å². The van der Waals surface area contributed by atoms with Gasteiger partial charge in [-0.2, -0.15) is 0 Å². The van der Waals surface area contributed by atoms with Gasteiger partial charge in [-0.05, 0) is 31.5 Å². The second-order valence-electron chi connectivity index (χ2n) is 4.59. The second kappa shape index (κ2) is 7.15. The molecule has 0 amide bonds. The Labute approximate surface area is 122 Å². The molecule has 0 bridgehead atoms. The van der Waals surface area contributed by atoms with Crippen LogP contribution in [0.3, 0.4) is 0 Å². The third-order valence-electron chi connectivity index (χ3n) is 3.27. The first kappa shape index (κ1) is 15.4. The number of hydrogen-bond donors (Lipinski definition) is 2. The molecule has 5 heteroatoms. The summed E-state index contributed by atoms with van der Waals surface area (Å²) in [6.45, 7) is 2.38. The van der Waals surface area contributed by atoms with Crippen LogP contribution in [0.2, 0.25) is 0 Å². The van der Waals surface area contributed by atoms with Crippen molar-refractivity contribution in [2.45, 2.75) is 19.4 Å². The summed E-state index contributed by atoms with van der Waals surface area (Å²) in [5.41, 5.74) is 3.38. The van der Waals surface area contributed by atoms with E-state index >= 15 is 0 Å². The van der Waals surface area contributed by atoms with E-state index in [2.05, 4.69) is 5.43 Å². The predicted octanol–water partition coefficient (Wildman–Crippen LogP) is 3.11. The van der Waals surface area contributed by atoms with Crippen molar-refractivity contribution in [2.24, 2.45) is 5.84 Å². The Hall–Kier alpha value is -1.98. The van der Waals surface area contributed by atoms with Crippen molar-refractivity contribution in [3.63, 3.8) is 0 Å². The van der Waals surface area contributed by atoms with E-state index in [1.54, 1.807) is 6.07 Å². The molecule has 1 atom stereocenters. The van der Waals surface area contributed by atoms with Crippen LogP contribution in [0.5, 0.6) is 5.75 Å². The highest BCUT2D eigenvalue weighted by atomic mass is 19.1. The first-order valence-corrected chi connectivity index (χ1v) is 6.78. The van der Waals surface area contributed by atoms with Gasteiger partial charge < -0.3 is 4.74 Å². The van der Waals surface area contributed by atoms with E-state index < -0.39 is 17.7 Å². The van der Waals surface area contributed by atoms with Crippen LogP contribution in [0.1, 0.15) is 24.1 Å². The number of hydrazine groups is 1. The molecule has 0 aliphatic carbocycles. The molecule has 0 saturated carbocycles. The maximum Gasteiger partial charge on any atom is 0.129 e. The van der Waals surface area contributed by atoms with Gasteiger partial charge in [0.25, 0.3) is 0 Å². The van der Waals surface area contributed by atoms with Gasteiger partial charge in [0.05, 0.1) is 12.6 Å². The van der Waals surface area contributed by atoms with Crippen LogP contribution in [0.25, 0.3) is 0 Å². The Bertz CT molecular complexity index is 584. The van der Waals surface area contributed by atoms with Gasteiger partial charge in [-0.3, -0.25) is 11.3 Å². The maximum atomic E-state index is 13.8. The number of ether oxygens (including phenoxy) is 1. The van der Waals surface area contributed by atoms with Crippen LogP contribution in [0.4, 0.5) is 8.78 Å². The number of hydrogen-bond acceptors (Lipinski definition) is 3. The lowest BCUT2D eigenvalue weighted by Gasteiger charge is -2.20. The quantitative estimate of drug-likeness (QED) is 0.635. The number of para-hydroxylation sites is 1. The van der Waals surface area contributed by atoms with Crippen LogP contribution in [-0.2, 0) is 6.42 Å². The molecule has 0 heterocycles. The number of halogens is 2. The van der Waals surface area contributed by atoms with Gasteiger partial charge in [-0.1, -0.05) is 24.3 Å². The van der Waals surface area contributed by atoms with E-state index in [9.17, 15) is 8.78 Å². The largest absolute Gasteiger partial charge is 0.494 e. The zero-order valence-electron chi connectivity index (χ0n) is 11.8. The van der Waals surface area contributed by atoms with Crippen LogP contribution >= 0.6 is 0 Å². The van der Waals surface area contributed by atoms with Crippen LogP contribution < -0.4 is 16.0 Å². The van der Waals surface area contributed by atoms with E-state index in [4.69, 9.17) is 10.6 Å². The molecule has 0 aliphatic heterocycles. The van der Waals surface area contributed by atoms with Crippen molar-refractivity contribution in [1.29, 1.82) is 0 Å². The summed E-state index contributed by atoms with van der Waals surface area (Å²) in [5.74, 6) is 5.06. The van der Waals surface area contributed by atoms with E-state index in [0.717, 1.165) is 5.56 Å². The monoisotopic (exact) mass is 292 g/mol. The highest BCUT2D eigenvalue weighted by Gasteiger charge is 2.19. The highest BCUT2D eigenvalue weighted by molar-refractivity contribution is 5.37. The zero-order valence-corrected chi connectivity index (χ0v) is 11.8. The zero-order chi connectivity index (χ0) is 15.2. The molecule has 0 radical (unpaired) electrons. The molecule has 2 aromatic carbocycles. The van der Waals surface area contributed by atoms with Gasteiger partial charge in [0.2, 0.25) is 0 Å². The third kappa shape index (κ3) is 3.56. The maximum absolute atomic E-state index is 13.8. The van der Waals surface area contributed by atoms with Gasteiger partial charge in [-0.15, -0.1) is 0 Å². The Balaban J connectivity index is 2.32. The molecule has 0 spiro atoms. The molecule has 0 aliphatic rings. The molecule has 2 aromatic rings. The number of nitrogens with one attached hydrogen (secondary N) is 1. The SMILES string of the molecule is CCOc1ccccc1C(Cc1c(F)cccc1F)NN. The third-order valence-corrected chi connectivity index (χ3v) is 3.27. The van der Waals surface area contributed by atoms with Crippen molar-refractivity contribution in [3.05, 3.63) is 65.2 Å². The average Bonchev–Trinajstić information content (AvgIpc) is 2.48. The van der Waals surface area contributed by atoms with Gasteiger partial charge in [0, 0.05) is 11.1 Å². The van der Waals surface area contributed by atoms with E-state index in [1.165, 1.54) is 18.2 Å². The van der Waals surface area contributed by atoms with E-state index in [0.29, 0.717) is 12.4 Å². The minimum absolute atomic E-state index is 0.00625. The summed E-state index contributed by atoms with van der Waals surface area (Å²) < 4.78 is 33.1. The van der Waals surface area contributed by atoms with Crippen molar-refractivity contribution in [3.8, 4) is 5.75 Å². The lowest BCUT2D eigenvalue weighted by Crippen LogP contribution is -2.30. The lowest BCUT2D eigenvalue weighted by molar-refractivity contribution is 0.330. The summed E-state index contributed by atoms with van der Waals surface area (Å²) in [7, 11) is 0. The Kier molecular flexibility index (Phi) is 5.25. The number of rotatable bonds is 6. The Morgan fingerprint density at radius 3 is 2.38 bits per heavy atom. The summed E-state index contributed by atoms with van der Waals surface area (Å²) in [5, 5.41) is 0. The number of benzene rings is 2. The van der Waals surface area contributed by atoms with Crippen LogP contribution in [-0.4, -0.2) is 6.61 Å². The molecule has 112 valence electrons. The summed E-state index contributed by atoms with van der Waals surface area (Å²) in [4.78, 5) is 0. The van der Waals surface area contributed by atoms with Crippen molar-refractivity contribution >= 4 is 0 Å². The molecule has 2 rings (SSSR count). The summed E-state index contributed by atoms with van der Waals surface area (Å²) in [6, 6.07) is 10.7. The van der Waals surface area contributed by atoms with Gasteiger partial charge in [-0.25, -0.2) is 8.78 Å². The standard InChI is InChI=1S/C16H18F2N2O/c1-2-21-16-9-4-3-6-11(16)15(20-19)10-12-13(17)7-5-8-14(12)18/h3-9,15,20H,2,10,19H2,1H3. The Morgan fingerprint density at radius 1 is 1.10 bits per heavy atom. The molecule has 3 nitrogen and oxygen atoms in total. The van der Waals surface area contributed by atoms with Gasteiger partial charge >= 0.3 is 0 Å². The summed E-state index contributed by atoms with van der Waals surface area (Å²) in [6.07, 6.45) is 0.0963. The van der Waals surface area contributed by atoms with Crippen LogP contribution in [0, 0.1) is 11.6 Å². The normalized spacial score (nSPS) is 12.2. The topological polar surface area (TPSA) is 47.3 Å². The molecule has 1 unspecified atom stereocenters. The number of nitrogens with two attached hydrogens (primary N) is 1. The first-order valence-electron chi connectivity index (χ1n) is 6.78. The molecular formula is C16H18F2N2O. The molecule has 0 fully saturated rings. The predicted molar refractivity (Wildman–Crippen MR) is 77.7 cm³/mol. The lowest BCUT2D eigenvalue weighted by atomic mass is 9.98. The van der Waals surface area contributed by atoms with Crippen LogP contribution in [0.15, 0.2) is 42.5 Å². The fourth-order valence-corrected chi connectivity index (χ4v) is 2.25. The molecule has 0 saturated heterocycles. The fourth-order valence-electron chi connectivity index (χ4n) is 2.25. The van der Waals surface area contributed by atoms with Crippen molar-refractivity contribution in [1.82, 2.24) is 5.43 Å². The molecule has 21 heavy (non-hydrogen) atoms. The Morgan fingerprint density at radius 2 is 1.76 bits per heavy atom. The molecular weight excluding hydrogens is 274 g/mol. The van der Waals surface area contributed by atoms with Gasteiger partial charge in [0.15, 0.2) is 0 Å². The molecule has 3 N–H and O–H groups in total.